The molecule has 3 rings (SSSR count). The molecular weight excluding hydrogens is 258 g/mol. The van der Waals surface area contributed by atoms with Crippen LogP contribution in [0.2, 0.25) is 0 Å². The number of aliphatic hydroxyl groups excluding tert-OH is 1. The Kier molecular flexibility index (Phi) is 3.09. The van der Waals surface area contributed by atoms with E-state index in [2.05, 4.69) is 0 Å². The Morgan fingerprint density at radius 1 is 1.30 bits per heavy atom. The van der Waals surface area contributed by atoms with Crippen LogP contribution in [0.4, 0.5) is 0 Å². The van der Waals surface area contributed by atoms with E-state index in [1.54, 1.807) is 14.2 Å². The van der Waals surface area contributed by atoms with E-state index < -0.39 is 5.54 Å². The van der Waals surface area contributed by atoms with E-state index in [0.29, 0.717) is 24.5 Å². The molecule has 1 unspecified atom stereocenters. The number of aliphatic hydroxyl groups is 1. The highest BCUT2D eigenvalue weighted by Crippen LogP contribution is 2.46. The molecule has 1 N–H and O–H groups in total. The van der Waals surface area contributed by atoms with E-state index in [-0.39, 0.29) is 12.5 Å². The zero-order chi connectivity index (χ0) is 14.3. The minimum absolute atomic E-state index is 0.0543. The van der Waals surface area contributed by atoms with E-state index in [0.717, 1.165) is 24.0 Å². The molecule has 20 heavy (non-hydrogen) atoms. The molecule has 0 spiro atoms. The quantitative estimate of drug-likeness (QED) is 0.898. The molecule has 1 amide bonds. The van der Waals surface area contributed by atoms with Gasteiger partial charge in [0.2, 0.25) is 5.91 Å². The predicted octanol–water partition coefficient (Wildman–Crippen LogP) is 1.07. The summed E-state index contributed by atoms with van der Waals surface area (Å²) >= 11 is 0. The van der Waals surface area contributed by atoms with E-state index in [9.17, 15) is 9.90 Å². The third-order valence-electron chi connectivity index (χ3n) is 4.50. The highest BCUT2D eigenvalue weighted by Gasteiger charge is 2.49. The molecule has 1 aromatic carbocycles. The fraction of sp³-hybridized carbons (Fsp3) is 0.533. The lowest BCUT2D eigenvalue weighted by molar-refractivity contribution is -0.138. The number of nitrogens with zero attached hydrogens (tertiary/aromatic N) is 1. The molecule has 0 saturated carbocycles. The van der Waals surface area contributed by atoms with Gasteiger partial charge in [-0.05, 0) is 36.1 Å². The molecule has 5 heteroatoms. The van der Waals surface area contributed by atoms with Crippen LogP contribution in [0.25, 0.3) is 0 Å². The summed E-state index contributed by atoms with van der Waals surface area (Å²) in [5, 5.41) is 9.94. The zero-order valence-electron chi connectivity index (χ0n) is 11.8. The van der Waals surface area contributed by atoms with Gasteiger partial charge in [0.1, 0.15) is 0 Å². The maximum atomic E-state index is 12.3. The second-order valence-corrected chi connectivity index (χ2v) is 5.38. The zero-order valence-corrected chi connectivity index (χ0v) is 11.8. The molecule has 1 fully saturated rings. The summed E-state index contributed by atoms with van der Waals surface area (Å²) in [6.07, 6.45) is 2.06. The summed E-state index contributed by atoms with van der Waals surface area (Å²) in [6, 6.07) is 3.77. The fourth-order valence-electron chi connectivity index (χ4n) is 3.53. The van der Waals surface area contributed by atoms with Gasteiger partial charge in [-0.3, -0.25) is 4.79 Å². The Hall–Kier alpha value is -1.75. The lowest BCUT2D eigenvalue weighted by atomic mass is 9.80. The Bertz CT molecular complexity index is 557. The van der Waals surface area contributed by atoms with Gasteiger partial charge in [0.15, 0.2) is 11.5 Å². The van der Waals surface area contributed by atoms with Crippen molar-refractivity contribution in [3.05, 3.63) is 23.3 Å². The largest absolute Gasteiger partial charge is 0.493 e. The monoisotopic (exact) mass is 277 g/mol. The summed E-state index contributed by atoms with van der Waals surface area (Å²) in [6.45, 7) is 0.661. The number of ether oxygens (including phenoxy) is 2. The molecule has 0 aromatic heterocycles. The van der Waals surface area contributed by atoms with Crippen molar-refractivity contribution in [3.63, 3.8) is 0 Å². The molecule has 0 aliphatic carbocycles. The molecule has 2 heterocycles. The van der Waals surface area contributed by atoms with Crippen molar-refractivity contribution in [1.82, 2.24) is 4.90 Å². The molecule has 0 radical (unpaired) electrons. The van der Waals surface area contributed by atoms with Crippen LogP contribution in [0.15, 0.2) is 12.1 Å². The van der Waals surface area contributed by atoms with Gasteiger partial charge < -0.3 is 19.5 Å². The van der Waals surface area contributed by atoms with E-state index >= 15 is 0 Å². The molecule has 1 atom stereocenters. The van der Waals surface area contributed by atoms with Crippen LogP contribution in [0.3, 0.4) is 0 Å². The number of rotatable bonds is 3. The minimum Gasteiger partial charge on any atom is -0.493 e. The van der Waals surface area contributed by atoms with Crippen molar-refractivity contribution in [3.8, 4) is 11.5 Å². The van der Waals surface area contributed by atoms with Crippen molar-refractivity contribution in [2.45, 2.75) is 24.8 Å². The lowest BCUT2D eigenvalue weighted by Gasteiger charge is -2.42. The van der Waals surface area contributed by atoms with Crippen LogP contribution in [0.1, 0.15) is 24.0 Å². The van der Waals surface area contributed by atoms with Gasteiger partial charge in [-0.1, -0.05) is 0 Å². The standard InChI is InChI=1S/C15H19NO4/c1-19-12-6-10-7-14(18)16-5-3-4-15(16,9-17)11(10)8-13(12)20-2/h6,8,17H,3-5,7,9H2,1-2H3. The summed E-state index contributed by atoms with van der Waals surface area (Å²) < 4.78 is 10.7. The van der Waals surface area contributed by atoms with Crippen LogP contribution in [0, 0.1) is 0 Å². The topological polar surface area (TPSA) is 59.0 Å². The number of methoxy groups -OCH3 is 2. The normalized spacial score (nSPS) is 24.4. The number of carbonyl (C=O) groups is 1. The molecule has 2 aliphatic heterocycles. The summed E-state index contributed by atoms with van der Waals surface area (Å²) in [7, 11) is 3.18. The van der Waals surface area contributed by atoms with Gasteiger partial charge in [0, 0.05) is 6.54 Å². The van der Waals surface area contributed by atoms with E-state index in [1.807, 2.05) is 17.0 Å². The second-order valence-electron chi connectivity index (χ2n) is 5.38. The van der Waals surface area contributed by atoms with Crippen LogP contribution < -0.4 is 9.47 Å². The maximum absolute atomic E-state index is 12.3. The number of benzene rings is 1. The van der Waals surface area contributed by atoms with E-state index in [1.165, 1.54) is 0 Å². The third-order valence-corrected chi connectivity index (χ3v) is 4.50. The second kappa shape index (κ2) is 4.66. The number of fused-ring (bicyclic) bond motifs is 3. The minimum atomic E-state index is -0.579. The number of carbonyl (C=O) groups excluding carboxylic acids is 1. The Labute approximate surface area is 118 Å². The summed E-state index contributed by atoms with van der Waals surface area (Å²) in [5.41, 5.74) is 1.35. The SMILES string of the molecule is COc1cc2c(cc1OC)C1(CO)CCCN1C(=O)C2. The van der Waals surface area contributed by atoms with Crippen molar-refractivity contribution < 1.29 is 19.4 Å². The van der Waals surface area contributed by atoms with E-state index in [4.69, 9.17) is 9.47 Å². The number of hydrogen-bond acceptors (Lipinski definition) is 4. The molecule has 1 aromatic rings. The average molecular weight is 277 g/mol. The van der Waals surface area contributed by atoms with Crippen LogP contribution in [-0.2, 0) is 16.8 Å². The Balaban J connectivity index is 2.20. The Morgan fingerprint density at radius 3 is 2.65 bits per heavy atom. The number of hydrogen-bond donors (Lipinski definition) is 1. The first-order chi connectivity index (χ1) is 9.66. The molecule has 1 saturated heterocycles. The van der Waals surface area contributed by atoms with Crippen LogP contribution >= 0.6 is 0 Å². The fourth-order valence-corrected chi connectivity index (χ4v) is 3.53. The first-order valence-corrected chi connectivity index (χ1v) is 6.83. The summed E-state index contributed by atoms with van der Waals surface area (Å²) in [4.78, 5) is 14.1. The summed E-state index contributed by atoms with van der Waals surface area (Å²) in [5.74, 6) is 1.34. The van der Waals surface area contributed by atoms with Crippen molar-refractivity contribution in [2.75, 3.05) is 27.4 Å². The molecular formula is C15H19NO4. The first-order valence-electron chi connectivity index (χ1n) is 6.83. The van der Waals surface area contributed by atoms with Gasteiger partial charge in [-0.25, -0.2) is 0 Å². The third kappa shape index (κ3) is 1.62. The number of amides is 1. The Morgan fingerprint density at radius 2 is 2.00 bits per heavy atom. The predicted molar refractivity (Wildman–Crippen MR) is 73.0 cm³/mol. The molecule has 2 aliphatic rings. The van der Waals surface area contributed by atoms with Gasteiger partial charge in [0.25, 0.3) is 0 Å². The lowest BCUT2D eigenvalue weighted by Crippen LogP contribution is -2.51. The first kappa shape index (κ1) is 13.2. The van der Waals surface area contributed by atoms with Crippen molar-refractivity contribution in [1.29, 1.82) is 0 Å². The smallest absolute Gasteiger partial charge is 0.227 e. The van der Waals surface area contributed by atoms with Gasteiger partial charge in [-0.15, -0.1) is 0 Å². The van der Waals surface area contributed by atoms with Gasteiger partial charge >= 0.3 is 0 Å². The maximum Gasteiger partial charge on any atom is 0.227 e. The van der Waals surface area contributed by atoms with Crippen molar-refractivity contribution in [2.24, 2.45) is 0 Å². The van der Waals surface area contributed by atoms with Gasteiger partial charge in [-0.2, -0.15) is 0 Å². The molecule has 5 nitrogen and oxygen atoms in total. The highest BCUT2D eigenvalue weighted by atomic mass is 16.5. The van der Waals surface area contributed by atoms with Crippen LogP contribution in [0.5, 0.6) is 11.5 Å². The molecule has 0 bridgehead atoms. The van der Waals surface area contributed by atoms with Crippen molar-refractivity contribution >= 4 is 5.91 Å². The van der Waals surface area contributed by atoms with Gasteiger partial charge in [0.05, 0.1) is 32.8 Å². The highest BCUT2D eigenvalue weighted by molar-refractivity contribution is 5.83. The average Bonchev–Trinajstić information content (AvgIpc) is 2.92. The van der Waals surface area contributed by atoms with Crippen LogP contribution in [-0.4, -0.2) is 43.3 Å². The molecule has 108 valence electrons.